The lowest BCUT2D eigenvalue weighted by atomic mass is 9.71. The first-order chi connectivity index (χ1) is 64.2. The lowest BCUT2D eigenvalue weighted by Gasteiger charge is -2.34. The van der Waals surface area contributed by atoms with E-state index in [1.165, 1.54) is 296 Å². The van der Waals surface area contributed by atoms with E-state index >= 15 is 0 Å². The maximum atomic E-state index is 8.83. The standard InChI is InChI=1S/C20H32.C19H30O.C19H30.C18H28O.C18H28.C17H23N.C17H26O/c1-4-6-8-17-9-12-19(13-10-17)20-14-11-18(7-5-2)15-16(20)3;1-4-6-16-7-12-19(15(3)14-16)17-8-10-18(11-9-17)20-13-5-2;1-4-6-16-8-11-18(12-9-16)19-13-10-17(7-5-2)14-15(19)3;1-4-6-15-7-12-18(14(3)13-15)16-8-10-17(11-9-16)19-5-2;1-4-6-16-9-12-18(14(3)13-16)17-10-7-15(5-2)8-11-17;1-3-4-14-7-10-17(13(2)11-14)16-8-5-15(12-18)6-9-16;1-4-5-14-6-11-17(13(2)12-14)15-7-9-16(18-3)10-8-15/h9-10,12-13,16,18,20H,4-8,11,14-15H2,1-3H3;8-11,15-16,19H,4-7,12-14H2,1-3H3;8-9,11-12,15,17,19H,4-7,10,13-14H2,1-3H3;8-11,14-15,18H,4-7,12-13H2,1-3H3;7-8,10-11,14,16,18H,4-6,9,12-13H2,1-3H3;5-6,8-9,13-14,17H,3-4,7,10-11H2,1-2H3;7-10,13-14,17H,4-6,11-12H2,1-3H3. The van der Waals surface area contributed by atoms with Crippen molar-refractivity contribution in [2.24, 2.45) is 82.9 Å². The largest absolute Gasteiger partial charge is 0.497 e. The number of methoxy groups -OCH3 is 1. The topological polar surface area (TPSA) is 51.5 Å². The van der Waals surface area contributed by atoms with Crippen LogP contribution in [0.1, 0.15) is 485 Å². The minimum Gasteiger partial charge on any atom is -0.497 e. The van der Waals surface area contributed by atoms with Gasteiger partial charge in [0.1, 0.15) is 17.2 Å². The lowest BCUT2D eigenvalue weighted by molar-refractivity contribution is 0.235. The monoisotopic (exact) mass is 1800 g/mol. The van der Waals surface area contributed by atoms with Crippen LogP contribution in [-0.2, 0) is 19.3 Å². The molecule has 7 aliphatic rings. The Kier molecular flexibility index (Phi) is 52.3. The summed E-state index contributed by atoms with van der Waals surface area (Å²) in [6, 6.07) is 65.2. The van der Waals surface area contributed by atoms with Gasteiger partial charge in [0.15, 0.2) is 0 Å². The van der Waals surface area contributed by atoms with Crippen LogP contribution in [0.5, 0.6) is 17.2 Å². The van der Waals surface area contributed by atoms with Crippen molar-refractivity contribution in [3.63, 3.8) is 0 Å². The molecule has 7 fully saturated rings. The molecule has 0 aromatic heterocycles. The van der Waals surface area contributed by atoms with Crippen LogP contribution < -0.4 is 14.2 Å². The molecule has 4 heteroatoms. The lowest BCUT2D eigenvalue weighted by Crippen LogP contribution is -2.21. The molecule has 7 aromatic carbocycles. The molecule has 0 amide bonds. The highest BCUT2D eigenvalue weighted by atomic mass is 16.5. The molecule has 21 unspecified atom stereocenters. The number of nitriles is 1. The molecular weight excluding hydrogens is 1600 g/mol. The van der Waals surface area contributed by atoms with Crippen LogP contribution in [0.4, 0.5) is 0 Å². The van der Waals surface area contributed by atoms with E-state index in [4.69, 9.17) is 19.5 Å². The molecule has 0 bridgehead atoms. The first kappa shape index (κ1) is 111. The average molecular weight is 1800 g/mol. The molecule has 0 N–H and O–H groups in total. The van der Waals surface area contributed by atoms with Gasteiger partial charge in [0.2, 0.25) is 0 Å². The van der Waals surface area contributed by atoms with E-state index in [2.05, 4.69) is 288 Å². The van der Waals surface area contributed by atoms with E-state index in [1.54, 1.807) is 23.8 Å². The predicted octanol–water partition coefficient (Wildman–Crippen LogP) is 39.0. The van der Waals surface area contributed by atoms with E-state index in [9.17, 15) is 0 Å². The zero-order valence-electron chi connectivity index (χ0n) is 88.6. The number of hydrogen-bond acceptors (Lipinski definition) is 4. The summed E-state index contributed by atoms with van der Waals surface area (Å²) in [5.74, 6) is 21.0. The fourth-order valence-corrected chi connectivity index (χ4v) is 25.9. The Hall–Kier alpha value is -6.57. The molecule has 132 heavy (non-hydrogen) atoms. The Morgan fingerprint density at radius 2 is 0.485 bits per heavy atom. The molecule has 7 aromatic rings. The number of unbranched alkanes of at least 4 members (excludes halogenated alkanes) is 1. The third-order valence-corrected chi connectivity index (χ3v) is 33.2. The summed E-state index contributed by atoms with van der Waals surface area (Å²) < 4.78 is 16.4. The molecule has 0 aliphatic heterocycles. The van der Waals surface area contributed by atoms with Gasteiger partial charge in [0, 0.05) is 0 Å². The molecule has 21 atom stereocenters. The van der Waals surface area contributed by atoms with Gasteiger partial charge in [-0.15, -0.1) is 0 Å². The van der Waals surface area contributed by atoms with Gasteiger partial charge in [-0.2, -0.15) is 5.26 Å². The van der Waals surface area contributed by atoms with Crippen molar-refractivity contribution in [1.29, 1.82) is 5.26 Å². The van der Waals surface area contributed by atoms with Gasteiger partial charge in [0.25, 0.3) is 0 Å². The van der Waals surface area contributed by atoms with Crippen molar-refractivity contribution in [3.05, 3.63) is 231 Å². The minimum atomic E-state index is 0.700. The normalized spacial score (nSPS) is 27.4. The van der Waals surface area contributed by atoms with Gasteiger partial charge in [0.05, 0.1) is 32.0 Å². The van der Waals surface area contributed by atoms with Crippen molar-refractivity contribution in [2.45, 2.75) is 443 Å². The third kappa shape index (κ3) is 37.1. The number of benzene rings is 7. The number of nitrogens with zero attached hydrogens (tertiary/aromatic N) is 1. The summed E-state index contributed by atoms with van der Waals surface area (Å²) in [5.41, 5.74) is 15.9. The van der Waals surface area contributed by atoms with E-state index in [-0.39, 0.29) is 0 Å². The Labute approximate surface area is 814 Å². The van der Waals surface area contributed by atoms with Crippen LogP contribution in [-0.4, -0.2) is 20.3 Å². The van der Waals surface area contributed by atoms with E-state index < -0.39 is 0 Å². The van der Waals surface area contributed by atoms with E-state index in [0.717, 1.165) is 167 Å². The van der Waals surface area contributed by atoms with Crippen molar-refractivity contribution in [2.75, 3.05) is 20.3 Å². The van der Waals surface area contributed by atoms with Gasteiger partial charge in [-0.25, -0.2) is 0 Å². The van der Waals surface area contributed by atoms with Crippen LogP contribution in [0.25, 0.3) is 0 Å². The van der Waals surface area contributed by atoms with Crippen LogP contribution >= 0.6 is 0 Å². The Balaban J connectivity index is 0.000000190. The summed E-state index contributed by atoms with van der Waals surface area (Å²) in [6.45, 7) is 45.8. The fraction of sp³-hybridized carbons (Fsp3) is 0.664. The molecule has 0 radical (unpaired) electrons. The second kappa shape index (κ2) is 62.3. The summed E-state index contributed by atoms with van der Waals surface area (Å²) >= 11 is 0. The average Bonchev–Trinajstić information content (AvgIpc) is 0.880. The van der Waals surface area contributed by atoms with Crippen LogP contribution in [0, 0.1) is 94.2 Å². The second-order valence-corrected chi connectivity index (χ2v) is 43.7. The minimum absolute atomic E-state index is 0.700. The van der Waals surface area contributed by atoms with Crippen molar-refractivity contribution < 1.29 is 14.2 Å². The smallest absolute Gasteiger partial charge is 0.119 e. The molecule has 0 saturated heterocycles. The second-order valence-electron chi connectivity index (χ2n) is 43.7. The summed E-state index contributed by atoms with van der Waals surface area (Å²) in [5, 5.41) is 8.83. The summed E-state index contributed by atoms with van der Waals surface area (Å²) in [7, 11) is 1.73. The maximum absolute atomic E-state index is 8.83. The Morgan fingerprint density at radius 3 is 0.697 bits per heavy atom. The molecule has 14 rings (SSSR count). The van der Waals surface area contributed by atoms with Gasteiger partial charge in [-0.3, -0.25) is 0 Å². The van der Waals surface area contributed by atoms with Gasteiger partial charge < -0.3 is 14.2 Å². The molecule has 7 saturated carbocycles. The number of rotatable bonds is 33. The molecular formula is C128H197NO3. The Morgan fingerprint density at radius 1 is 0.250 bits per heavy atom. The quantitative estimate of drug-likeness (QED) is 0.0411. The number of aryl methyl sites for hydroxylation is 3. The van der Waals surface area contributed by atoms with E-state index in [1.807, 2.05) is 19.1 Å². The predicted molar refractivity (Wildman–Crippen MR) is 574 cm³/mol. The highest BCUT2D eigenvalue weighted by molar-refractivity contribution is 5.36. The van der Waals surface area contributed by atoms with Crippen LogP contribution in [0.15, 0.2) is 170 Å². The summed E-state index contributed by atoms with van der Waals surface area (Å²) in [4.78, 5) is 0. The molecule has 0 spiro atoms. The molecule has 7 aliphatic carbocycles. The van der Waals surface area contributed by atoms with Crippen molar-refractivity contribution >= 4 is 0 Å². The zero-order chi connectivity index (χ0) is 94.9. The number of hydrogen-bond donors (Lipinski definition) is 0. The molecule has 4 nitrogen and oxygen atoms in total. The third-order valence-electron chi connectivity index (χ3n) is 33.2. The van der Waals surface area contributed by atoms with Crippen LogP contribution in [0.2, 0.25) is 0 Å². The number of ether oxygens (including phenoxy) is 3. The first-order valence-electron chi connectivity index (χ1n) is 56.1. The SMILES string of the molecule is CCCC1CCC(c2ccc(C#N)cc2)C(C)C1.CCCC1CCC(c2ccc(CC)cc2)C(C)C1.CCCC1CCC(c2ccc(OC)cc2)C(C)C1.CCCC1CCC(c2ccc(OCC)cc2)C(C)C1.CCCCc1ccc(C2CCC(CCC)CC2C)cc1.CCCOc1ccc(C2CCC(CCC)CC2C)cc1.CCCc1ccc(C2CCC(CCC)CC2C)cc1. The first-order valence-corrected chi connectivity index (χ1v) is 56.1. The highest BCUT2D eigenvalue weighted by Crippen LogP contribution is 2.49. The van der Waals surface area contributed by atoms with Gasteiger partial charge in [-0.1, -0.05) is 349 Å². The fourth-order valence-electron chi connectivity index (χ4n) is 25.9. The zero-order valence-corrected chi connectivity index (χ0v) is 88.6. The van der Waals surface area contributed by atoms with E-state index in [0.29, 0.717) is 5.92 Å². The Bertz CT molecular complexity index is 3890. The molecule has 0 heterocycles. The highest BCUT2D eigenvalue weighted by Gasteiger charge is 2.35. The summed E-state index contributed by atoms with van der Waals surface area (Å²) in [6.07, 6.45) is 57.4. The van der Waals surface area contributed by atoms with Gasteiger partial charge in [-0.05, 0) is 402 Å². The van der Waals surface area contributed by atoms with Gasteiger partial charge >= 0.3 is 0 Å². The van der Waals surface area contributed by atoms with Crippen molar-refractivity contribution in [1.82, 2.24) is 0 Å². The van der Waals surface area contributed by atoms with Crippen molar-refractivity contribution in [3.8, 4) is 23.3 Å². The maximum Gasteiger partial charge on any atom is 0.119 e. The molecule has 732 valence electrons. The van der Waals surface area contributed by atoms with Crippen LogP contribution in [0.3, 0.4) is 0 Å².